The first-order valence-electron chi connectivity index (χ1n) is 5.49. The molecule has 0 radical (unpaired) electrons. The number of alkyl halides is 3. The van der Waals surface area contributed by atoms with Gasteiger partial charge < -0.3 is 14.9 Å². The number of Topliss-reactive ketones (excluding diaryl/α,β-unsaturated/α-hetero) is 1. The van der Waals surface area contributed by atoms with Crippen molar-refractivity contribution in [3.8, 4) is 5.75 Å². The molecular formula is C12H11F3O5. The Morgan fingerprint density at radius 3 is 2.35 bits per heavy atom. The smallest absolute Gasteiger partial charge is 0.479 e. The van der Waals surface area contributed by atoms with Gasteiger partial charge in [-0.25, -0.2) is 4.79 Å². The van der Waals surface area contributed by atoms with E-state index in [1.807, 2.05) is 0 Å². The van der Waals surface area contributed by atoms with Gasteiger partial charge in [-0.15, -0.1) is 13.2 Å². The van der Waals surface area contributed by atoms with Crippen molar-refractivity contribution >= 4 is 11.8 Å². The Hall–Kier alpha value is -2.09. The van der Waals surface area contributed by atoms with Crippen molar-refractivity contribution in [1.82, 2.24) is 0 Å². The summed E-state index contributed by atoms with van der Waals surface area (Å²) in [6, 6.07) is 2.59. The third-order valence-corrected chi connectivity index (χ3v) is 2.36. The van der Waals surface area contributed by atoms with E-state index in [0.717, 1.165) is 18.2 Å². The molecule has 0 fully saturated rings. The number of ketones is 1. The zero-order valence-electron chi connectivity index (χ0n) is 10.3. The maximum Gasteiger partial charge on any atom is 0.573 e. The minimum absolute atomic E-state index is 0.0120. The molecule has 1 unspecified atom stereocenters. The number of carbonyl (C=O) groups excluding carboxylic acids is 1. The Bertz CT molecular complexity index is 524. The van der Waals surface area contributed by atoms with Gasteiger partial charge >= 0.3 is 12.3 Å². The molecule has 0 amide bonds. The first kappa shape index (κ1) is 16.0. The minimum Gasteiger partial charge on any atom is -0.479 e. The molecule has 0 aliphatic carbocycles. The standard InChI is InChI=1S/C12H11F3O5/c1-2-9(16)6-3-7(10(17)11(18)19)5-8(4-6)20-12(13,14)15/h3-5,10,17H,2H2,1H3,(H,18,19). The topological polar surface area (TPSA) is 83.8 Å². The summed E-state index contributed by atoms with van der Waals surface area (Å²) in [5, 5.41) is 18.0. The predicted molar refractivity (Wildman–Crippen MR) is 60.3 cm³/mol. The highest BCUT2D eigenvalue weighted by atomic mass is 19.4. The summed E-state index contributed by atoms with van der Waals surface area (Å²) in [5.74, 6) is -2.91. The highest BCUT2D eigenvalue weighted by Crippen LogP contribution is 2.28. The Kier molecular flexibility index (Phi) is 4.72. The Morgan fingerprint density at radius 2 is 1.90 bits per heavy atom. The second-order valence-corrected chi connectivity index (χ2v) is 3.86. The number of hydrogen-bond acceptors (Lipinski definition) is 4. The molecule has 1 aromatic carbocycles. The lowest BCUT2D eigenvalue weighted by molar-refractivity contribution is -0.274. The number of hydrogen-bond donors (Lipinski definition) is 2. The van der Waals surface area contributed by atoms with Gasteiger partial charge in [-0.3, -0.25) is 4.79 Å². The summed E-state index contributed by atoms with van der Waals surface area (Å²) in [6.07, 6.45) is -7.02. The Labute approximate surface area is 111 Å². The number of halogens is 3. The second-order valence-electron chi connectivity index (χ2n) is 3.86. The minimum atomic E-state index is -4.99. The predicted octanol–water partition coefficient (Wildman–Crippen LogP) is 2.30. The van der Waals surface area contributed by atoms with Crippen LogP contribution in [0.5, 0.6) is 5.75 Å². The molecule has 0 bridgehead atoms. The second kappa shape index (κ2) is 5.91. The van der Waals surface area contributed by atoms with Gasteiger partial charge in [-0.05, 0) is 23.8 Å². The van der Waals surface area contributed by atoms with Crippen LogP contribution in [0.2, 0.25) is 0 Å². The van der Waals surface area contributed by atoms with Gasteiger partial charge in [0.05, 0.1) is 0 Å². The molecular weight excluding hydrogens is 281 g/mol. The number of ether oxygens (including phenoxy) is 1. The maximum atomic E-state index is 12.2. The number of rotatable bonds is 5. The van der Waals surface area contributed by atoms with Crippen molar-refractivity contribution in [2.45, 2.75) is 25.8 Å². The SMILES string of the molecule is CCC(=O)c1cc(OC(F)(F)F)cc(C(O)C(=O)O)c1. The van der Waals surface area contributed by atoms with Crippen molar-refractivity contribution in [2.24, 2.45) is 0 Å². The van der Waals surface area contributed by atoms with Crippen LogP contribution >= 0.6 is 0 Å². The van der Waals surface area contributed by atoms with Gasteiger partial charge in [-0.1, -0.05) is 6.92 Å². The zero-order valence-corrected chi connectivity index (χ0v) is 10.3. The van der Waals surface area contributed by atoms with Gasteiger partial charge in [-0.2, -0.15) is 0 Å². The van der Waals surface area contributed by atoms with Crippen LogP contribution in [0, 0.1) is 0 Å². The quantitative estimate of drug-likeness (QED) is 0.813. The van der Waals surface area contributed by atoms with Crippen LogP contribution in [0.25, 0.3) is 0 Å². The summed E-state index contributed by atoms with van der Waals surface area (Å²) in [4.78, 5) is 22.2. The van der Waals surface area contributed by atoms with Crippen molar-refractivity contribution in [2.75, 3.05) is 0 Å². The summed E-state index contributed by atoms with van der Waals surface area (Å²) >= 11 is 0. The summed E-state index contributed by atoms with van der Waals surface area (Å²) in [6.45, 7) is 1.49. The molecule has 1 atom stereocenters. The van der Waals surface area contributed by atoms with Gasteiger partial charge in [0.25, 0.3) is 0 Å². The average molecular weight is 292 g/mol. The number of benzene rings is 1. The number of aliphatic carboxylic acids is 1. The van der Waals surface area contributed by atoms with E-state index in [9.17, 15) is 27.9 Å². The normalized spacial score (nSPS) is 12.8. The monoisotopic (exact) mass is 292 g/mol. The average Bonchev–Trinajstić information content (AvgIpc) is 2.34. The third kappa shape index (κ3) is 4.23. The van der Waals surface area contributed by atoms with Crippen LogP contribution in [-0.4, -0.2) is 28.3 Å². The lowest BCUT2D eigenvalue weighted by Crippen LogP contribution is -2.18. The first-order valence-corrected chi connectivity index (χ1v) is 5.49. The number of aliphatic hydroxyl groups excluding tert-OH is 1. The van der Waals surface area contributed by atoms with Gasteiger partial charge in [0.15, 0.2) is 11.9 Å². The molecule has 110 valence electrons. The van der Waals surface area contributed by atoms with Crippen LogP contribution in [0.4, 0.5) is 13.2 Å². The van der Waals surface area contributed by atoms with Crippen LogP contribution in [0.15, 0.2) is 18.2 Å². The molecule has 1 rings (SSSR count). The molecule has 0 saturated carbocycles. The molecule has 0 aliphatic rings. The third-order valence-electron chi connectivity index (χ3n) is 2.36. The fourth-order valence-electron chi connectivity index (χ4n) is 1.48. The van der Waals surface area contributed by atoms with E-state index in [1.165, 1.54) is 6.92 Å². The molecule has 0 heterocycles. The lowest BCUT2D eigenvalue weighted by Gasteiger charge is -2.13. The highest BCUT2D eigenvalue weighted by molar-refractivity contribution is 5.96. The maximum absolute atomic E-state index is 12.2. The highest BCUT2D eigenvalue weighted by Gasteiger charge is 2.32. The van der Waals surface area contributed by atoms with Gasteiger partial charge in [0.1, 0.15) is 5.75 Å². The molecule has 8 heteroatoms. The van der Waals surface area contributed by atoms with Crippen LogP contribution in [-0.2, 0) is 4.79 Å². The van der Waals surface area contributed by atoms with E-state index in [-0.39, 0.29) is 17.5 Å². The number of carbonyl (C=O) groups is 2. The van der Waals surface area contributed by atoms with E-state index in [1.54, 1.807) is 0 Å². The van der Waals surface area contributed by atoms with Crippen LogP contribution in [0.1, 0.15) is 35.4 Å². The van der Waals surface area contributed by atoms with E-state index in [4.69, 9.17) is 5.11 Å². The van der Waals surface area contributed by atoms with E-state index in [2.05, 4.69) is 4.74 Å². The number of aliphatic hydroxyl groups is 1. The van der Waals surface area contributed by atoms with Crippen molar-refractivity contribution in [3.63, 3.8) is 0 Å². The summed E-state index contributed by atoms with van der Waals surface area (Å²) in [5.41, 5.74) is -0.527. The molecule has 0 aliphatic heterocycles. The summed E-state index contributed by atoms with van der Waals surface area (Å²) < 4.78 is 40.1. The molecule has 1 aromatic rings. The van der Waals surface area contributed by atoms with Crippen LogP contribution in [0.3, 0.4) is 0 Å². The van der Waals surface area contributed by atoms with Crippen molar-refractivity contribution in [1.29, 1.82) is 0 Å². The van der Waals surface area contributed by atoms with E-state index in [0.29, 0.717) is 0 Å². The van der Waals surface area contributed by atoms with Gasteiger partial charge in [0, 0.05) is 12.0 Å². The number of carboxylic acids is 1. The van der Waals surface area contributed by atoms with Crippen LogP contribution < -0.4 is 4.74 Å². The van der Waals surface area contributed by atoms with E-state index < -0.39 is 30.0 Å². The number of carboxylic acid groups (broad SMARTS) is 1. The largest absolute Gasteiger partial charge is 0.573 e. The molecule has 0 saturated heterocycles. The Balaban J connectivity index is 3.28. The molecule has 20 heavy (non-hydrogen) atoms. The fourth-order valence-corrected chi connectivity index (χ4v) is 1.48. The van der Waals surface area contributed by atoms with Crippen molar-refractivity contribution < 1.29 is 37.7 Å². The molecule has 5 nitrogen and oxygen atoms in total. The van der Waals surface area contributed by atoms with E-state index >= 15 is 0 Å². The Morgan fingerprint density at radius 1 is 1.30 bits per heavy atom. The molecule has 0 aromatic heterocycles. The van der Waals surface area contributed by atoms with Crippen molar-refractivity contribution in [3.05, 3.63) is 29.3 Å². The summed E-state index contributed by atoms with van der Waals surface area (Å²) in [7, 11) is 0. The molecule has 2 N–H and O–H groups in total. The lowest BCUT2D eigenvalue weighted by atomic mass is 10.0. The van der Waals surface area contributed by atoms with Gasteiger partial charge in [0.2, 0.25) is 0 Å². The molecule has 0 spiro atoms. The first-order chi connectivity index (χ1) is 9.14. The zero-order chi connectivity index (χ0) is 15.5. The fraction of sp³-hybridized carbons (Fsp3) is 0.333.